The Kier molecular flexibility index (Phi) is 11.9. The minimum atomic E-state index is -0.220. The molecule has 4 aromatic rings. The molecule has 7 heteroatoms. The Bertz CT molecular complexity index is 1390. The fourth-order valence-electron chi connectivity index (χ4n) is 4.19. The van der Waals surface area contributed by atoms with Crippen LogP contribution in [-0.4, -0.2) is 25.2 Å². The molecule has 0 fully saturated rings. The van der Waals surface area contributed by atoms with Crippen molar-refractivity contribution >= 4 is 35.1 Å². The molecular weight excluding hydrogens is 544 g/mol. The Labute approximate surface area is 253 Å². The van der Waals surface area contributed by atoms with Crippen LogP contribution in [0.15, 0.2) is 113 Å². The van der Waals surface area contributed by atoms with E-state index in [1.54, 1.807) is 16.7 Å². The molecule has 0 aliphatic rings. The third-order valence-electron chi connectivity index (χ3n) is 6.48. The molecule has 218 valence electrons. The predicted octanol–water partition coefficient (Wildman–Crippen LogP) is 9.00. The molecule has 2 amide bonds. The molecule has 0 atom stereocenters. The van der Waals surface area contributed by atoms with Gasteiger partial charge < -0.3 is 14.8 Å². The summed E-state index contributed by atoms with van der Waals surface area (Å²) in [7, 11) is 0. The molecule has 0 aliphatic carbocycles. The normalized spacial score (nSPS) is 10.6. The van der Waals surface area contributed by atoms with Crippen LogP contribution < -0.4 is 19.7 Å². The topological polar surface area (TPSA) is 67.9 Å². The molecule has 0 aliphatic heterocycles. The maximum atomic E-state index is 13.5. The first-order chi connectivity index (χ1) is 20.5. The number of anilines is 2. The quantitative estimate of drug-likeness (QED) is 0.0913. The summed E-state index contributed by atoms with van der Waals surface area (Å²) < 4.78 is 11.1. The second kappa shape index (κ2) is 16.3. The number of esters is 1. The van der Waals surface area contributed by atoms with E-state index in [0.29, 0.717) is 31.0 Å². The second-order valence-electron chi connectivity index (χ2n) is 9.84. The largest absolute Gasteiger partial charge is 0.494 e. The number of hydrogen-bond acceptors (Lipinski definition) is 5. The van der Waals surface area contributed by atoms with E-state index < -0.39 is 0 Å². The SMILES string of the molecule is CCCCOc1ccc(NC(=O)N(CCc2ccccc2)c2ccc(Sc3ccc(OC(=O)CCC)cc3)cc2)cc1. The van der Waals surface area contributed by atoms with Crippen molar-refractivity contribution < 1.29 is 19.1 Å². The van der Waals surface area contributed by atoms with Gasteiger partial charge in [0.15, 0.2) is 0 Å². The van der Waals surface area contributed by atoms with Crippen molar-refractivity contribution in [2.24, 2.45) is 0 Å². The molecule has 0 unspecified atom stereocenters. The highest BCUT2D eigenvalue weighted by atomic mass is 32.2. The molecule has 0 saturated carbocycles. The highest BCUT2D eigenvalue weighted by Gasteiger charge is 2.17. The van der Waals surface area contributed by atoms with Gasteiger partial charge in [0.2, 0.25) is 0 Å². The number of nitrogens with one attached hydrogen (secondary N) is 1. The molecule has 0 spiro atoms. The number of unbranched alkanes of at least 4 members (excludes halogenated alkanes) is 1. The minimum absolute atomic E-state index is 0.195. The molecule has 4 aromatic carbocycles. The Balaban J connectivity index is 1.42. The summed E-state index contributed by atoms with van der Waals surface area (Å²) in [6.45, 7) is 5.29. The summed E-state index contributed by atoms with van der Waals surface area (Å²) in [5.74, 6) is 1.12. The Hall–Kier alpha value is -4.23. The number of carbonyl (C=O) groups is 2. The lowest BCUT2D eigenvalue weighted by molar-refractivity contribution is -0.134. The monoisotopic (exact) mass is 582 g/mol. The smallest absolute Gasteiger partial charge is 0.326 e. The fraction of sp³-hybridized carbons (Fsp3) is 0.257. The van der Waals surface area contributed by atoms with Gasteiger partial charge in [-0.25, -0.2) is 4.79 Å². The highest BCUT2D eigenvalue weighted by Crippen LogP contribution is 2.31. The number of rotatable bonds is 14. The lowest BCUT2D eigenvalue weighted by Gasteiger charge is -2.24. The number of benzene rings is 4. The van der Waals surface area contributed by atoms with E-state index in [1.165, 1.54) is 5.56 Å². The Morgan fingerprint density at radius 1 is 0.762 bits per heavy atom. The fourth-order valence-corrected chi connectivity index (χ4v) is 5.00. The molecular formula is C35H38N2O4S. The van der Waals surface area contributed by atoms with E-state index >= 15 is 0 Å². The number of hydrogen-bond donors (Lipinski definition) is 1. The number of nitrogens with zero attached hydrogens (tertiary/aromatic N) is 1. The van der Waals surface area contributed by atoms with Gasteiger partial charge in [-0.15, -0.1) is 0 Å². The van der Waals surface area contributed by atoms with Crippen LogP contribution in [0.3, 0.4) is 0 Å². The number of urea groups is 1. The van der Waals surface area contributed by atoms with Crippen molar-refractivity contribution in [1.82, 2.24) is 0 Å². The van der Waals surface area contributed by atoms with E-state index in [0.717, 1.165) is 46.9 Å². The van der Waals surface area contributed by atoms with Gasteiger partial charge in [0, 0.05) is 34.1 Å². The van der Waals surface area contributed by atoms with Crippen LogP contribution in [0.1, 0.15) is 45.1 Å². The third kappa shape index (κ3) is 9.70. The number of amides is 2. The first-order valence-corrected chi connectivity index (χ1v) is 15.3. The lowest BCUT2D eigenvalue weighted by Crippen LogP contribution is -2.36. The van der Waals surface area contributed by atoms with Crippen LogP contribution in [0, 0.1) is 0 Å². The van der Waals surface area contributed by atoms with Crippen molar-refractivity contribution in [2.75, 3.05) is 23.4 Å². The van der Waals surface area contributed by atoms with Gasteiger partial charge in [0.25, 0.3) is 0 Å². The molecule has 0 bridgehead atoms. The molecule has 0 heterocycles. The van der Waals surface area contributed by atoms with Gasteiger partial charge >= 0.3 is 12.0 Å². The lowest BCUT2D eigenvalue weighted by atomic mass is 10.1. The van der Waals surface area contributed by atoms with E-state index in [4.69, 9.17) is 9.47 Å². The summed E-state index contributed by atoms with van der Waals surface area (Å²) in [4.78, 5) is 29.1. The standard InChI is InChI=1S/C35H38N2O4S/c1-3-5-26-40-30-16-12-28(13-17-30)36-35(39)37(25-24-27-10-7-6-8-11-27)29-14-20-32(21-15-29)42-33-22-18-31(19-23-33)41-34(38)9-4-2/h6-8,10-23H,3-5,9,24-26H2,1-2H3,(H,36,39). The summed E-state index contributed by atoms with van der Waals surface area (Å²) >= 11 is 1.60. The van der Waals surface area contributed by atoms with E-state index in [2.05, 4.69) is 24.4 Å². The van der Waals surface area contributed by atoms with Crippen LogP contribution in [0.2, 0.25) is 0 Å². The number of ether oxygens (including phenoxy) is 2. The average molecular weight is 583 g/mol. The van der Waals surface area contributed by atoms with Gasteiger partial charge in [-0.1, -0.05) is 62.4 Å². The second-order valence-corrected chi connectivity index (χ2v) is 11.0. The number of carbonyl (C=O) groups excluding carboxylic acids is 2. The zero-order chi connectivity index (χ0) is 29.6. The molecule has 4 rings (SSSR count). The van der Waals surface area contributed by atoms with E-state index in [-0.39, 0.29) is 12.0 Å². The van der Waals surface area contributed by atoms with E-state index in [9.17, 15) is 9.59 Å². The van der Waals surface area contributed by atoms with Crippen molar-refractivity contribution in [1.29, 1.82) is 0 Å². The van der Waals surface area contributed by atoms with Crippen LogP contribution >= 0.6 is 11.8 Å². The van der Waals surface area contributed by atoms with Gasteiger partial charge in [-0.3, -0.25) is 9.69 Å². The maximum absolute atomic E-state index is 13.5. The molecule has 42 heavy (non-hydrogen) atoms. The molecule has 0 aromatic heterocycles. The third-order valence-corrected chi connectivity index (χ3v) is 7.49. The zero-order valence-electron chi connectivity index (χ0n) is 24.3. The van der Waals surface area contributed by atoms with Crippen molar-refractivity contribution in [3.05, 3.63) is 109 Å². The van der Waals surface area contributed by atoms with E-state index in [1.807, 2.05) is 97.9 Å². The van der Waals surface area contributed by atoms with Gasteiger partial charge in [0.1, 0.15) is 11.5 Å². The maximum Gasteiger partial charge on any atom is 0.326 e. The minimum Gasteiger partial charge on any atom is -0.494 e. The van der Waals surface area contributed by atoms with Crippen molar-refractivity contribution in [3.63, 3.8) is 0 Å². The van der Waals surface area contributed by atoms with Crippen molar-refractivity contribution in [3.8, 4) is 11.5 Å². The zero-order valence-corrected chi connectivity index (χ0v) is 25.1. The molecule has 6 nitrogen and oxygen atoms in total. The van der Waals surface area contributed by atoms with Crippen molar-refractivity contribution in [2.45, 2.75) is 55.7 Å². The van der Waals surface area contributed by atoms with Gasteiger partial charge in [-0.2, -0.15) is 0 Å². The van der Waals surface area contributed by atoms with Gasteiger partial charge in [-0.05, 0) is 97.6 Å². The molecule has 0 saturated heterocycles. The average Bonchev–Trinajstić information content (AvgIpc) is 3.01. The van der Waals surface area contributed by atoms with Crippen LogP contribution in [0.4, 0.5) is 16.2 Å². The summed E-state index contributed by atoms with van der Waals surface area (Å²) in [6, 6.07) is 32.9. The summed E-state index contributed by atoms with van der Waals surface area (Å²) in [5.41, 5.74) is 2.69. The Morgan fingerprint density at radius 2 is 1.40 bits per heavy atom. The predicted molar refractivity (Wildman–Crippen MR) is 171 cm³/mol. The summed E-state index contributed by atoms with van der Waals surface area (Å²) in [5, 5.41) is 3.04. The molecule has 1 N–H and O–H groups in total. The van der Waals surface area contributed by atoms with Crippen LogP contribution in [0.25, 0.3) is 0 Å². The Morgan fingerprint density at radius 3 is 2.05 bits per heavy atom. The highest BCUT2D eigenvalue weighted by molar-refractivity contribution is 7.99. The first-order valence-electron chi connectivity index (χ1n) is 14.5. The summed E-state index contributed by atoms with van der Waals surface area (Å²) in [6.07, 6.45) is 3.98. The first kappa shape index (κ1) is 30.7. The van der Waals surface area contributed by atoms with Crippen LogP contribution in [-0.2, 0) is 11.2 Å². The molecule has 0 radical (unpaired) electrons. The van der Waals surface area contributed by atoms with Crippen LogP contribution in [0.5, 0.6) is 11.5 Å². The van der Waals surface area contributed by atoms with Gasteiger partial charge in [0.05, 0.1) is 6.61 Å².